The second-order valence-corrected chi connectivity index (χ2v) is 6.00. The van der Waals surface area contributed by atoms with Gasteiger partial charge in [0.05, 0.1) is 12.7 Å². The van der Waals surface area contributed by atoms with E-state index in [2.05, 4.69) is 19.5 Å². The standard InChI is InChI=1S/C10H15N6O7P/c11-8-1-2-16(10(17)14-8)9-3-6(21-5-13-15-12)7(23-9)4-22-24(18,19)20/h1-2,6-7,9H,3-5H2,(H2,11,14,17)(H2,18,19,20)/t6-,7+,9+/m0/s1. The number of rotatable bonds is 7. The highest BCUT2D eigenvalue weighted by molar-refractivity contribution is 7.46. The van der Waals surface area contributed by atoms with Crippen LogP contribution in [0.15, 0.2) is 22.2 Å². The summed E-state index contributed by atoms with van der Waals surface area (Å²) in [5.74, 6) is 0.0480. The SMILES string of the molecule is [N-]=[N+]=NCO[C@H]1C[C@H](n2ccc(N)nc2=O)O[C@@H]1COP(=O)(O)O. The molecule has 0 unspecified atom stereocenters. The molecule has 1 aliphatic heterocycles. The molecule has 24 heavy (non-hydrogen) atoms. The Kier molecular flexibility index (Phi) is 5.91. The van der Waals surface area contributed by atoms with Crippen LogP contribution in [0.3, 0.4) is 0 Å². The van der Waals surface area contributed by atoms with Gasteiger partial charge in [0.25, 0.3) is 0 Å². The maximum atomic E-state index is 11.8. The minimum atomic E-state index is -4.70. The average molecular weight is 362 g/mol. The number of azide groups is 1. The lowest BCUT2D eigenvalue weighted by Gasteiger charge is -2.18. The molecule has 132 valence electrons. The van der Waals surface area contributed by atoms with Crippen LogP contribution in [0.5, 0.6) is 0 Å². The predicted molar refractivity (Wildman–Crippen MR) is 78.3 cm³/mol. The first-order valence-electron chi connectivity index (χ1n) is 6.63. The van der Waals surface area contributed by atoms with E-state index in [4.69, 9.17) is 30.5 Å². The van der Waals surface area contributed by atoms with Crippen LogP contribution in [0.4, 0.5) is 5.82 Å². The zero-order chi connectivity index (χ0) is 17.7. The van der Waals surface area contributed by atoms with Crippen LogP contribution in [0.2, 0.25) is 0 Å². The Morgan fingerprint density at radius 2 is 2.38 bits per heavy atom. The number of nitrogen functional groups attached to an aromatic ring is 1. The molecule has 0 radical (unpaired) electrons. The minimum absolute atomic E-state index is 0.0480. The van der Waals surface area contributed by atoms with Gasteiger partial charge in [-0.1, -0.05) is 5.11 Å². The van der Waals surface area contributed by atoms with Gasteiger partial charge in [0.2, 0.25) is 0 Å². The van der Waals surface area contributed by atoms with Gasteiger partial charge in [-0.15, -0.1) is 0 Å². The minimum Gasteiger partial charge on any atom is -0.383 e. The smallest absolute Gasteiger partial charge is 0.383 e. The monoisotopic (exact) mass is 362 g/mol. The third-order valence-corrected chi connectivity index (χ3v) is 3.64. The third-order valence-electron chi connectivity index (χ3n) is 3.16. The first kappa shape index (κ1) is 18.4. The normalized spacial score (nSPS) is 23.8. The highest BCUT2D eigenvalue weighted by Gasteiger charge is 2.38. The van der Waals surface area contributed by atoms with Gasteiger partial charge in [-0.2, -0.15) is 4.98 Å². The van der Waals surface area contributed by atoms with Crippen LogP contribution in [0, 0.1) is 0 Å². The van der Waals surface area contributed by atoms with E-state index in [1.54, 1.807) is 0 Å². The molecule has 14 heteroatoms. The van der Waals surface area contributed by atoms with Crippen molar-refractivity contribution in [3.63, 3.8) is 0 Å². The highest BCUT2D eigenvalue weighted by Crippen LogP contribution is 2.38. The average Bonchev–Trinajstić information content (AvgIpc) is 2.88. The topological polar surface area (TPSA) is 195 Å². The summed E-state index contributed by atoms with van der Waals surface area (Å²) < 4.78 is 27.3. The largest absolute Gasteiger partial charge is 0.469 e. The predicted octanol–water partition coefficient (Wildman–Crippen LogP) is -0.125. The summed E-state index contributed by atoms with van der Waals surface area (Å²) in [6, 6.07) is 1.40. The highest BCUT2D eigenvalue weighted by atomic mass is 31.2. The van der Waals surface area contributed by atoms with Gasteiger partial charge in [-0.05, 0) is 11.6 Å². The fourth-order valence-electron chi connectivity index (χ4n) is 2.17. The molecule has 2 rings (SSSR count). The Labute approximate surface area is 134 Å². The molecule has 3 atom stereocenters. The number of nitrogens with zero attached hydrogens (tertiary/aromatic N) is 5. The molecule has 1 aromatic rings. The van der Waals surface area contributed by atoms with Crippen molar-refractivity contribution in [1.82, 2.24) is 9.55 Å². The molecule has 1 fully saturated rings. The summed E-state index contributed by atoms with van der Waals surface area (Å²) in [5, 5.41) is 3.22. The van der Waals surface area contributed by atoms with E-state index in [0.29, 0.717) is 0 Å². The zero-order valence-corrected chi connectivity index (χ0v) is 13.1. The number of ether oxygens (including phenoxy) is 2. The summed E-state index contributed by atoms with van der Waals surface area (Å²) in [4.78, 5) is 35.5. The first-order chi connectivity index (χ1) is 11.3. The zero-order valence-electron chi connectivity index (χ0n) is 12.2. The summed E-state index contributed by atoms with van der Waals surface area (Å²) in [7, 11) is -4.70. The lowest BCUT2D eigenvalue weighted by molar-refractivity contribution is -0.0601. The molecule has 4 N–H and O–H groups in total. The molecule has 0 spiro atoms. The Balaban J connectivity index is 2.13. The number of phosphoric acid groups is 1. The molecule has 1 aromatic heterocycles. The molecule has 1 saturated heterocycles. The summed E-state index contributed by atoms with van der Waals surface area (Å²) >= 11 is 0. The molecule has 0 bridgehead atoms. The van der Waals surface area contributed by atoms with E-state index >= 15 is 0 Å². The van der Waals surface area contributed by atoms with E-state index in [-0.39, 0.29) is 19.0 Å². The Morgan fingerprint density at radius 1 is 1.62 bits per heavy atom. The second-order valence-electron chi connectivity index (χ2n) is 4.76. The second kappa shape index (κ2) is 7.73. The van der Waals surface area contributed by atoms with Crippen molar-refractivity contribution >= 4 is 13.6 Å². The van der Waals surface area contributed by atoms with Crippen molar-refractivity contribution < 1.29 is 28.3 Å². The molecule has 13 nitrogen and oxygen atoms in total. The molecular weight excluding hydrogens is 347 g/mol. The van der Waals surface area contributed by atoms with Gasteiger partial charge < -0.3 is 25.0 Å². The quantitative estimate of drug-likeness (QED) is 0.256. The van der Waals surface area contributed by atoms with Gasteiger partial charge in [0.15, 0.2) is 0 Å². The molecular formula is C10H15N6O7P. The Hall–Kier alpha value is -1.98. The molecule has 0 aliphatic carbocycles. The van der Waals surface area contributed by atoms with Crippen LogP contribution < -0.4 is 11.4 Å². The fraction of sp³-hybridized carbons (Fsp3) is 0.600. The van der Waals surface area contributed by atoms with E-state index in [0.717, 1.165) is 4.57 Å². The van der Waals surface area contributed by atoms with Gasteiger partial charge in [-0.25, -0.2) is 9.36 Å². The first-order valence-corrected chi connectivity index (χ1v) is 8.16. The van der Waals surface area contributed by atoms with Crippen LogP contribution in [-0.4, -0.2) is 44.9 Å². The Morgan fingerprint density at radius 3 is 3.00 bits per heavy atom. The number of phosphoric ester groups is 1. The van der Waals surface area contributed by atoms with Gasteiger partial charge in [-0.3, -0.25) is 9.09 Å². The van der Waals surface area contributed by atoms with Crippen molar-refractivity contribution in [3.8, 4) is 0 Å². The lowest BCUT2D eigenvalue weighted by atomic mass is 10.2. The number of hydrogen-bond acceptors (Lipinski definition) is 8. The summed E-state index contributed by atoms with van der Waals surface area (Å²) in [6.45, 7) is -0.780. The van der Waals surface area contributed by atoms with E-state index in [1.807, 2.05) is 0 Å². The van der Waals surface area contributed by atoms with Crippen molar-refractivity contribution in [3.05, 3.63) is 33.2 Å². The number of hydrogen-bond donors (Lipinski definition) is 3. The van der Waals surface area contributed by atoms with E-state index < -0.39 is 38.6 Å². The fourth-order valence-corrected chi connectivity index (χ4v) is 2.51. The van der Waals surface area contributed by atoms with Crippen LogP contribution in [0.25, 0.3) is 10.4 Å². The van der Waals surface area contributed by atoms with Gasteiger partial charge in [0.1, 0.15) is 24.9 Å². The number of anilines is 1. The Bertz CT molecular complexity index is 729. The summed E-state index contributed by atoms with van der Waals surface area (Å²) in [6.07, 6.45) is -0.863. The maximum absolute atomic E-state index is 11.8. The van der Waals surface area contributed by atoms with Crippen molar-refractivity contribution in [2.75, 3.05) is 19.1 Å². The van der Waals surface area contributed by atoms with Gasteiger partial charge in [0, 0.05) is 17.5 Å². The van der Waals surface area contributed by atoms with E-state index in [9.17, 15) is 9.36 Å². The molecule has 0 aromatic carbocycles. The molecule has 1 aliphatic rings. The van der Waals surface area contributed by atoms with Crippen LogP contribution in [-0.2, 0) is 18.6 Å². The van der Waals surface area contributed by atoms with Crippen molar-refractivity contribution in [2.45, 2.75) is 24.9 Å². The molecule has 0 saturated carbocycles. The van der Waals surface area contributed by atoms with Crippen LogP contribution in [0.1, 0.15) is 12.6 Å². The van der Waals surface area contributed by atoms with E-state index in [1.165, 1.54) is 12.3 Å². The summed E-state index contributed by atoms with van der Waals surface area (Å²) in [5.41, 5.74) is 13.0. The van der Waals surface area contributed by atoms with Crippen LogP contribution >= 0.6 is 7.82 Å². The van der Waals surface area contributed by atoms with Gasteiger partial charge >= 0.3 is 13.5 Å². The molecule has 0 amide bonds. The maximum Gasteiger partial charge on any atom is 0.469 e. The number of aromatic nitrogens is 2. The number of nitrogens with two attached hydrogens (primary N) is 1. The lowest BCUT2D eigenvalue weighted by Crippen LogP contribution is -2.29. The van der Waals surface area contributed by atoms with Crippen molar-refractivity contribution in [2.24, 2.45) is 5.11 Å². The third kappa shape index (κ3) is 5.01. The molecule has 2 heterocycles. The van der Waals surface area contributed by atoms with Crippen molar-refractivity contribution in [1.29, 1.82) is 0 Å².